The number of rotatable bonds is 4. The van der Waals surface area contributed by atoms with E-state index in [1.165, 1.54) is 36.9 Å². The molecule has 1 heterocycles. The van der Waals surface area contributed by atoms with Gasteiger partial charge in [-0.05, 0) is 18.4 Å². The highest BCUT2D eigenvalue weighted by Crippen LogP contribution is 2.31. The molecule has 1 aromatic heterocycles. The van der Waals surface area contributed by atoms with Gasteiger partial charge in [0.15, 0.2) is 6.04 Å². The third kappa shape index (κ3) is 2.78. The van der Waals surface area contributed by atoms with Crippen molar-refractivity contribution in [3.63, 3.8) is 0 Å². The van der Waals surface area contributed by atoms with E-state index in [2.05, 4.69) is 5.10 Å². The van der Waals surface area contributed by atoms with E-state index in [1.54, 1.807) is 6.07 Å². The SMILES string of the molecule is COC(=O)C(CC1CCCC1)n1ncccc1=O. The lowest BCUT2D eigenvalue weighted by molar-refractivity contribution is -0.145. The van der Waals surface area contributed by atoms with E-state index in [9.17, 15) is 9.59 Å². The third-order valence-electron chi connectivity index (χ3n) is 3.54. The molecule has 0 aromatic carbocycles. The number of ether oxygens (including phenoxy) is 1. The van der Waals surface area contributed by atoms with E-state index in [1.807, 2.05) is 0 Å². The number of aromatic nitrogens is 2. The Morgan fingerprint density at radius 1 is 1.56 bits per heavy atom. The summed E-state index contributed by atoms with van der Waals surface area (Å²) in [6.45, 7) is 0. The molecule has 18 heavy (non-hydrogen) atoms. The monoisotopic (exact) mass is 250 g/mol. The predicted molar refractivity (Wildman–Crippen MR) is 66.1 cm³/mol. The van der Waals surface area contributed by atoms with E-state index in [4.69, 9.17) is 4.74 Å². The van der Waals surface area contributed by atoms with Gasteiger partial charge in [-0.15, -0.1) is 0 Å². The van der Waals surface area contributed by atoms with Gasteiger partial charge in [0.05, 0.1) is 7.11 Å². The number of esters is 1. The summed E-state index contributed by atoms with van der Waals surface area (Å²) in [6, 6.07) is 2.40. The van der Waals surface area contributed by atoms with Crippen molar-refractivity contribution in [3.05, 3.63) is 28.7 Å². The quantitative estimate of drug-likeness (QED) is 0.760. The van der Waals surface area contributed by atoms with Crippen molar-refractivity contribution in [1.29, 1.82) is 0 Å². The first-order chi connectivity index (χ1) is 8.72. The molecular weight excluding hydrogens is 232 g/mol. The summed E-state index contributed by atoms with van der Waals surface area (Å²) < 4.78 is 6.03. The van der Waals surface area contributed by atoms with Crippen molar-refractivity contribution in [2.45, 2.75) is 38.1 Å². The summed E-state index contributed by atoms with van der Waals surface area (Å²) in [5.74, 6) is 0.103. The van der Waals surface area contributed by atoms with Gasteiger partial charge < -0.3 is 4.74 Å². The molecule has 2 rings (SSSR count). The lowest BCUT2D eigenvalue weighted by Crippen LogP contribution is -2.33. The van der Waals surface area contributed by atoms with Crippen LogP contribution in [0.25, 0.3) is 0 Å². The van der Waals surface area contributed by atoms with E-state index >= 15 is 0 Å². The maximum atomic E-state index is 11.8. The second kappa shape index (κ2) is 5.80. The zero-order valence-electron chi connectivity index (χ0n) is 10.5. The van der Waals surface area contributed by atoms with E-state index in [-0.39, 0.29) is 11.5 Å². The summed E-state index contributed by atoms with van der Waals surface area (Å²) in [7, 11) is 1.35. The normalized spacial score (nSPS) is 17.6. The van der Waals surface area contributed by atoms with Crippen LogP contribution in [-0.4, -0.2) is 22.9 Å². The number of carbonyl (C=O) groups is 1. The molecule has 1 atom stereocenters. The van der Waals surface area contributed by atoms with Gasteiger partial charge >= 0.3 is 5.97 Å². The fourth-order valence-corrected chi connectivity index (χ4v) is 2.60. The second-order valence-corrected chi connectivity index (χ2v) is 4.73. The molecule has 0 aliphatic heterocycles. The van der Waals surface area contributed by atoms with Crippen molar-refractivity contribution < 1.29 is 9.53 Å². The number of hydrogen-bond donors (Lipinski definition) is 0. The molecule has 0 spiro atoms. The third-order valence-corrected chi connectivity index (χ3v) is 3.54. The van der Waals surface area contributed by atoms with E-state index < -0.39 is 6.04 Å². The molecule has 0 radical (unpaired) electrons. The van der Waals surface area contributed by atoms with Gasteiger partial charge in [0, 0.05) is 12.3 Å². The molecule has 0 N–H and O–H groups in total. The van der Waals surface area contributed by atoms with E-state index in [0.29, 0.717) is 12.3 Å². The maximum Gasteiger partial charge on any atom is 0.330 e. The largest absolute Gasteiger partial charge is 0.467 e. The Labute approximate surface area is 106 Å². The summed E-state index contributed by atoms with van der Waals surface area (Å²) in [6.07, 6.45) is 6.81. The second-order valence-electron chi connectivity index (χ2n) is 4.73. The van der Waals surface area contributed by atoms with Crippen molar-refractivity contribution >= 4 is 5.97 Å². The zero-order chi connectivity index (χ0) is 13.0. The average Bonchev–Trinajstić information content (AvgIpc) is 2.89. The molecule has 98 valence electrons. The fourth-order valence-electron chi connectivity index (χ4n) is 2.60. The Morgan fingerprint density at radius 3 is 2.89 bits per heavy atom. The summed E-state index contributed by atoms with van der Waals surface area (Å²) >= 11 is 0. The molecule has 0 amide bonds. The topological polar surface area (TPSA) is 61.2 Å². The molecule has 1 unspecified atom stereocenters. The van der Waals surface area contributed by atoms with Gasteiger partial charge in [-0.1, -0.05) is 25.7 Å². The van der Waals surface area contributed by atoms with Crippen LogP contribution in [0.2, 0.25) is 0 Å². The van der Waals surface area contributed by atoms with Crippen LogP contribution >= 0.6 is 0 Å². The number of hydrogen-bond acceptors (Lipinski definition) is 4. The Hall–Kier alpha value is -1.65. The highest BCUT2D eigenvalue weighted by Gasteiger charge is 2.28. The van der Waals surface area contributed by atoms with Crippen molar-refractivity contribution in [2.24, 2.45) is 5.92 Å². The maximum absolute atomic E-state index is 11.8. The minimum atomic E-state index is -0.591. The average molecular weight is 250 g/mol. The molecular formula is C13H18N2O3. The molecule has 0 saturated heterocycles. The van der Waals surface area contributed by atoms with Crippen LogP contribution < -0.4 is 5.56 Å². The molecule has 1 aromatic rings. The van der Waals surface area contributed by atoms with E-state index in [0.717, 1.165) is 12.8 Å². The van der Waals surface area contributed by atoms with Gasteiger partial charge in [0.1, 0.15) is 0 Å². The number of methoxy groups -OCH3 is 1. The van der Waals surface area contributed by atoms with Gasteiger partial charge in [0.25, 0.3) is 5.56 Å². The Morgan fingerprint density at radius 2 is 2.28 bits per heavy atom. The smallest absolute Gasteiger partial charge is 0.330 e. The molecule has 5 nitrogen and oxygen atoms in total. The summed E-state index contributed by atoms with van der Waals surface area (Å²) in [4.78, 5) is 23.6. The Bertz CT molecular complexity index is 463. The molecule has 1 aliphatic carbocycles. The molecule has 5 heteroatoms. The first kappa shape index (κ1) is 12.8. The Kier molecular flexibility index (Phi) is 4.12. The van der Waals surface area contributed by atoms with Crippen LogP contribution in [0.1, 0.15) is 38.1 Å². The number of carbonyl (C=O) groups excluding carboxylic acids is 1. The van der Waals surface area contributed by atoms with Crippen LogP contribution in [0.5, 0.6) is 0 Å². The highest BCUT2D eigenvalue weighted by atomic mass is 16.5. The van der Waals surface area contributed by atoms with Gasteiger partial charge in [-0.2, -0.15) is 5.10 Å². The molecule has 0 bridgehead atoms. The minimum Gasteiger partial charge on any atom is -0.467 e. The van der Waals surface area contributed by atoms with Crippen LogP contribution in [0.3, 0.4) is 0 Å². The lowest BCUT2D eigenvalue weighted by atomic mass is 9.98. The van der Waals surface area contributed by atoms with Crippen LogP contribution in [0.4, 0.5) is 0 Å². The first-order valence-corrected chi connectivity index (χ1v) is 6.34. The van der Waals surface area contributed by atoms with Gasteiger partial charge in [-0.3, -0.25) is 4.79 Å². The van der Waals surface area contributed by atoms with Crippen LogP contribution in [0, 0.1) is 5.92 Å². The van der Waals surface area contributed by atoms with Crippen LogP contribution in [0.15, 0.2) is 23.1 Å². The fraction of sp³-hybridized carbons (Fsp3) is 0.615. The molecule has 1 saturated carbocycles. The van der Waals surface area contributed by atoms with Crippen molar-refractivity contribution in [1.82, 2.24) is 9.78 Å². The Balaban J connectivity index is 2.22. The lowest BCUT2D eigenvalue weighted by Gasteiger charge is -2.19. The zero-order valence-corrected chi connectivity index (χ0v) is 10.5. The van der Waals surface area contributed by atoms with Crippen LogP contribution in [-0.2, 0) is 9.53 Å². The molecule has 1 fully saturated rings. The first-order valence-electron chi connectivity index (χ1n) is 6.34. The van der Waals surface area contributed by atoms with Gasteiger partial charge in [0.2, 0.25) is 0 Å². The molecule has 1 aliphatic rings. The van der Waals surface area contributed by atoms with Crippen molar-refractivity contribution in [2.75, 3.05) is 7.11 Å². The number of nitrogens with zero attached hydrogens (tertiary/aromatic N) is 2. The summed E-state index contributed by atoms with van der Waals surface area (Å²) in [5.41, 5.74) is -0.258. The minimum absolute atomic E-state index is 0.258. The van der Waals surface area contributed by atoms with Crippen molar-refractivity contribution in [3.8, 4) is 0 Å². The summed E-state index contributed by atoms with van der Waals surface area (Å²) in [5, 5.41) is 3.99. The standard InChI is InChI=1S/C13H18N2O3/c1-18-13(17)11(9-10-5-2-3-6-10)15-12(16)7-4-8-14-15/h4,7-8,10-11H,2-3,5-6,9H2,1H3. The van der Waals surface area contributed by atoms with Gasteiger partial charge in [-0.25, -0.2) is 9.48 Å². The predicted octanol–water partition coefficient (Wildman–Crippen LogP) is 1.54. The highest BCUT2D eigenvalue weighted by molar-refractivity contribution is 5.73.